The summed E-state index contributed by atoms with van der Waals surface area (Å²) in [4.78, 5) is 3.97. The van der Waals surface area contributed by atoms with E-state index in [1.807, 2.05) is 0 Å². The summed E-state index contributed by atoms with van der Waals surface area (Å²) in [6, 6.07) is 1.80. The number of ether oxygens (including phenoxy) is 2. The first-order chi connectivity index (χ1) is 5.90. The molecule has 1 aromatic heterocycles. The normalized spacial score (nSPS) is 15.8. The van der Waals surface area contributed by atoms with E-state index in [1.165, 1.54) is 0 Å². The van der Waals surface area contributed by atoms with E-state index in [0.29, 0.717) is 6.10 Å². The first kappa shape index (κ1) is 7.40. The van der Waals surface area contributed by atoms with E-state index >= 15 is 0 Å². The van der Waals surface area contributed by atoms with Crippen LogP contribution >= 0.6 is 0 Å². The van der Waals surface area contributed by atoms with Crippen LogP contribution in [-0.2, 0) is 0 Å². The van der Waals surface area contributed by atoms with Gasteiger partial charge in [0.1, 0.15) is 0 Å². The summed E-state index contributed by atoms with van der Waals surface area (Å²) in [5, 5.41) is 0. The minimum absolute atomic E-state index is 0.392. The predicted molar refractivity (Wildman–Crippen MR) is 44.4 cm³/mol. The Labute approximate surface area is 71.3 Å². The molecule has 12 heavy (non-hydrogen) atoms. The van der Waals surface area contributed by atoms with E-state index in [1.54, 1.807) is 25.6 Å². The molecule has 1 aliphatic carbocycles. The average molecular weight is 165 g/mol. The van der Waals surface area contributed by atoms with Gasteiger partial charge in [-0.15, -0.1) is 0 Å². The van der Waals surface area contributed by atoms with E-state index in [9.17, 15) is 0 Å². The van der Waals surface area contributed by atoms with Gasteiger partial charge in [-0.2, -0.15) is 0 Å². The number of nitrogens with zero attached hydrogens (tertiary/aromatic N) is 1. The number of methoxy groups -OCH3 is 1. The van der Waals surface area contributed by atoms with Crippen LogP contribution in [0.1, 0.15) is 12.8 Å². The van der Waals surface area contributed by atoms with Crippen molar-refractivity contribution in [2.75, 3.05) is 7.11 Å². The molecular formula is C9H11NO2. The molecule has 0 aromatic carbocycles. The van der Waals surface area contributed by atoms with E-state index in [-0.39, 0.29) is 0 Å². The van der Waals surface area contributed by atoms with Crippen LogP contribution < -0.4 is 9.47 Å². The quantitative estimate of drug-likeness (QED) is 0.682. The molecule has 0 amide bonds. The van der Waals surface area contributed by atoms with Crippen molar-refractivity contribution in [2.24, 2.45) is 0 Å². The monoisotopic (exact) mass is 165 g/mol. The van der Waals surface area contributed by atoms with Gasteiger partial charge >= 0.3 is 0 Å². The van der Waals surface area contributed by atoms with Crippen LogP contribution in [0.4, 0.5) is 0 Å². The Hall–Kier alpha value is -1.25. The zero-order valence-electron chi connectivity index (χ0n) is 6.99. The smallest absolute Gasteiger partial charge is 0.179 e. The van der Waals surface area contributed by atoms with E-state index in [2.05, 4.69) is 4.98 Å². The zero-order valence-corrected chi connectivity index (χ0v) is 6.99. The Balaban J connectivity index is 2.15. The average Bonchev–Trinajstić information content (AvgIpc) is 2.89. The molecule has 0 aliphatic heterocycles. The molecule has 1 heterocycles. The molecular weight excluding hydrogens is 154 g/mol. The van der Waals surface area contributed by atoms with Gasteiger partial charge in [-0.3, -0.25) is 4.98 Å². The van der Waals surface area contributed by atoms with Gasteiger partial charge in [-0.1, -0.05) is 0 Å². The Bertz CT molecular complexity index is 271. The maximum Gasteiger partial charge on any atom is 0.179 e. The fourth-order valence-electron chi connectivity index (χ4n) is 0.990. The molecule has 0 atom stereocenters. The molecule has 2 rings (SSSR count). The van der Waals surface area contributed by atoms with Gasteiger partial charge in [0.2, 0.25) is 0 Å². The van der Waals surface area contributed by atoms with Crippen LogP contribution in [0, 0.1) is 0 Å². The molecule has 0 saturated heterocycles. The Morgan fingerprint density at radius 3 is 2.92 bits per heavy atom. The third-order valence-electron chi connectivity index (χ3n) is 1.78. The van der Waals surface area contributed by atoms with Gasteiger partial charge in [-0.05, 0) is 12.8 Å². The van der Waals surface area contributed by atoms with Crippen LogP contribution in [0.2, 0.25) is 0 Å². The molecule has 64 valence electrons. The van der Waals surface area contributed by atoms with Gasteiger partial charge in [-0.25, -0.2) is 0 Å². The Kier molecular flexibility index (Phi) is 1.86. The second-order valence-corrected chi connectivity index (χ2v) is 2.84. The molecule has 1 saturated carbocycles. The summed E-state index contributed by atoms with van der Waals surface area (Å²) < 4.78 is 10.7. The molecule has 1 aromatic rings. The Morgan fingerprint density at radius 1 is 1.42 bits per heavy atom. The third-order valence-corrected chi connectivity index (χ3v) is 1.78. The lowest BCUT2D eigenvalue weighted by atomic mass is 10.4. The zero-order chi connectivity index (χ0) is 8.39. The molecule has 0 bridgehead atoms. The summed E-state index contributed by atoms with van der Waals surface area (Å²) in [6.07, 6.45) is 6.08. The number of aromatic nitrogens is 1. The van der Waals surface area contributed by atoms with E-state index < -0.39 is 0 Å². The highest BCUT2D eigenvalue weighted by atomic mass is 16.5. The van der Waals surface area contributed by atoms with Crippen molar-refractivity contribution in [2.45, 2.75) is 18.9 Å². The van der Waals surface area contributed by atoms with Crippen molar-refractivity contribution < 1.29 is 9.47 Å². The highest BCUT2D eigenvalue weighted by Gasteiger charge is 2.24. The van der Waals surface area contributed by atoms with Crippen molar-refractivity contribution in [3.63, 3.8) is 0 Å². The molecule has 1 aliphatic rings. The molecule has 0 N–H and O–H groups in total. The standard InChI is InChI=1S/C9H11NO2/c1-11-8-4-5-10-6-9(8)12-7-2-3-7/h4-7H,2-3H2,1H3. The lowest BCUT2D eigenvalue weighted by molar-refractivity contribution is 0.281. The number of pyridine rings is 1. The SMILES string of the molecule is COc1ccncc1OC1CC1. The van der Waals surface area contributed by atoms with Crippen molar-refractivity contribution >= 4 is 0 Å². The first-order valence-corrected chi connectivity index (χ1v) is 4.05. The summed E-state index contributed by atoms with van der Waals surface area (Å²) in [6.45, 7) is 0. The van der Waals surface area contributed by atoms with E-state index in [0.717, 1.165) is 24.3 Å². The van der Waals surface area contributed by atoms with Crippen LogP contribution in [-0.4, -0.2) is 18.2 Å². The minimum atomic E-state index is 0.392. The maximum atomic E-state index is 5.56. The van der Waals surface area contributed by atoms with Crippen LogP contribution in [0.25, 0.3) is 0 Å². The number of hydrogen-bond donors (Lipinski definition) is 0. The van der Waals surface area contributed by atoms with Crippen molar-refractivity contribution in [3.8, 4) is 11.5 Å². The largest absolute Gasteiger partial charge is 0.493 e. The second kappa shape index (κ2) is 3.01. The van der Waals surface area contributed by atoms with Crippen LogP contribution in [0.3, 0.4) is 0 Å². The second-order valence-electron chi connectivity index (χ2n) is 2.84. The van der Waals surface area contributed by atoms with Gasteiger partial charge < -0.3 is 9.47 Å². The van der Waals surface area contributed by atoms with Gasteiger partial charge in [0.15, 0.2) is 11.5 Å². The number of hydrogen-bond acceptors (Lipinski definition) is 3. The third kappa shape index (κ3) is 1.49. The minimum Gasteiger partial charge on any atom is -0.493 e. The van der Waals surface area contributed by atoms with Gasteiger partial charge in [0.25, 0.3) is 0 Å². The Morgan fingerprint density at radius 2 is 2.25 bits per heavy atom. The van der Waals surface area contributed by atoms with Crippen molar-refractivity contribution in [1.29, 1.82) is 0 Å². The molecule has 1 fully saturated rings. The van der Waals surface area contributed by atoms with Gasteiger partial charge in [0.05, 0.1) is 19.4 Å². The lowest BCUT2D eigenvalue weighted by Crippen LogP contribution is -1.98. The topological polar surface area (TPSA) is 31.4 Å². The van der Waals surface area contributed by atoms with Crippen molar-refractivity contribution in [1.82, 2.24) is 4.98 Å². The lowest BCUT2D eigenvalue weighted by Gasteiger charge is -2.07. The fraction of sp³-hybridized carbons (Fsp3) is 0.444. The molecule has 0 spiro atoms. The maximum absolute atomic E-state index is 5.56. The highest BCUT2D eigenvalue weighted by Crippen LogP contribution is 2.32. The molecule has 3 nitrogen and oxygen atoms in total. The number of rotatable bonds is 3. The van der Waals surface area contributed by atoms with Crippen LogP contribution in [0.15, 0.2) is 18.5 Å². The molecule has 0 unspecified atom stereocenters. The summed E-state index contributed by atoms with van der Waals surface area (Å²) in [5.74, 6) is 1.51. The van der Waals surface area contributed by atoms with Crippen LogP contribution in [0.5, 0.6) is 11.5 Å². The highest BCUT2D eigenvalue weighted by molar-refractivity contribution is 5.36. The molecule has 0 radical (unpaired) electrons. The fourth-order valence-corrected chi connectivity index (χ4v) is 0.990. The van der Waals surface area contributed by atoms with E-state index in [4.69, 9.17) is 9.47 Å². The first-order valence-electron chi connectivity index (χ1n) is 4.05. The molecule has 3 heteroatoms. The summed E-state index contributed by atoms with van der Waals surface area (Å²) >= 11 is 0. The predicted octanol–water partition coefficient (Wildman–Crippen LogP) is 1.63. The van der Waals surface area contributed by atoms with Gasteiger partial charge in [0, 0.05) is 12.3 Å². The summed E-state index contributed by atoms with van der Waals surface area (Å²) in [5.41, 5.74) is 0. The van der Waals surface area contributed by atoms with Crippen molar-refractivity contribution in [3.05, 3.63) is 18.5 Å². The summed E-state index contributed by atoms with van der Waals surface area (Å²) in [7, 11) is 1.63.